The van der Waals surface area contributed by atoms with Gasteiger partial charge in [0.25, 0.3) is 0 Å². The Bertz CT molecular complexity index is 595. The monoisotopic (exact) mass is 247 g/mol. The lowest BCUT2D eigenvalue weighted by atomic mass is 10.1. The summed E-state index contributed by atoms with van der Waals surface area (Å²) in [5.41, 5.74) is 5.14. The van der Waals surface area contributed by atoms with Crippen LogP contribution in [-0.4, -0.2) is 60.8 Å². The first-order valence-corrected chi connectivity index (χ1v) is 4.45. The van der Waals surface area contributed by atoms with Gasteiger partial charge in [0.15, 0.2) is 12.0 Å². The predicted octanol–water partition coefficient (Wildman–Crippen LogP) is -2.83. The molecule has 0 aromatic carbocycles. The highest BCUT2D eigenvalue weighted by Crippen LogP contribution is 2.28. The number of rotatable bonds is 3. The van der Waals surface area contributed by atoms with Crippen LogP contribution in [0.2, 0.25) is 0 Å². The Morgan fingerprint density at radius 2 is 2.35 bits per heavy atom. The third-order valence-corrected chi connectivity index (χ3v) is 2.00. The molecule has 0 bridgehead atoms. The van der Waals surface area contributed by atoms with Gasteiger partial charge < -0.3 is 25.8 Å². The normalized spacial score (nSPS) is 53.6. The number of nitrogens with one attached hydrogen (secondary N) is 1. The lowest BCUT2D eigenvalue weighted by Gasteiger charge is -2.13. The topological polar surface area (TPSA) is 150 Å². The van der Waals surface area contributed by atoms with E-state index in [1.54, 1.807) is 0 Å². The van der Waals surface area contributed by atoms with E-state index in [9.17, 15) is 10.2 Å². The van der Waals surface area contributed by atoms with Crippen molar-refractivity contribution in [2.24, 2.45) is 5.73 Å². The first kappa shape index (κ1) is 7.71. The van der Waals surface area contributed by atoms with Crippen LogP contribution in [-0.2, 0) is 4.74 Å². The summed E-state index contributed by atoms with van der Waals surface area (Å²) < 4.78 is 36.0. The van der Waals surface area contributed by atoms with Gasteiger partial charge in [0.2, 0.25) is 5.82 Å². The predicted molar refractivity (Wildman–Crippen MR) is 54.0 cm³/mol. The first-order chi connectivity index (χ1) is 9.43. The molecule has 1 fully saturated rings. The quantitative estimate of drug-likeness (QED) is 0.285. The van der Waals surface area contributed by atoms with E-state index in [1.165, 1.54) is 0 Å². The summed E-state index contributed by atoms with van der Waals surface area (Å²) in [6.07, 6.45) is -11.8. The molecule has 0 saturated carbocycles. The van der Waals surface area contributed by atoms with Crippen LogP contribution in [0.15, 0.2) is 6.33 Å². The van der Waals surface area contributed by atoms with Crippen molar-refractivity contribution in [1.29, 1.82) is 5.41 Å². The van der Waals surface area contributed by atoms with Gasteiger partial charge in [0.05, 0.1) is 12.1 Å². The lowest BCUT2D eigenvalue weighted by molar-refractivity contribution is -0.0588. The molecular formula is C8H13N5O4. The van der Waals surface area contributed by atoms with Crippen LogP contribution < -0.4 is 5.73 Å². The summed E-state index contributed by atoms with van der Waals surface area (Å²) in [6, 6.07) is 0. The molecule has 0 radical (unpaired) electrons. The van der Waals surface area contributed by atoms with Gasteiger partial charge in [-0.25, -0.2) is 9.67 Å². The minimum absolute atomic E-state index is 0.346. The number of aliphatic hydroxyl groups excluding tert-OH is 1. The number of amidine groups is 1. The Morgan fingerprint density at radius 3 is 2.82 bits per heavy atom. The minimum Gasteiger partial charge on any atom is -0.394 e. The van der Waals surface area contributed by atoms with Crippen LogP contribution in [0.5, 0.6) is 0 Å². The van der Waals surface area contributed by atoms with Crippen LogP contribution in [0.4, 0.5) is 0 Å². The Balaban J connectivity index is 2.58. The summed E-state index contributed by atoms with van der Waals surface area (Å²) in [4.78, 5) is 3.53. The number of nitrogens with zero attached hydrogens (tertiary/aromatic N) is 3. The molecule has 0 unspecified atom stereocenters. The fourth-order valence-corrected chi connectivity index (χ4v) is 1.19. The third-order valence-electron chi connectivity index (χ3n) is 2.00. The average Bonchev–Trinajstić information content (AvgIpc) is 2.90. The van der Waals surface area contributed by atoms with E-state index in [0.717, 1.165) is 6.33 Å². The molecule has 1 aliphatic heterocycles. The molecule has 9 nitrogen and oxygen atoms in total. The SMILES string of the molecule is [2H][C@]1(O)[C@@]([2H])(O)[C@]([2H])(n2cnc(C(=N)N)n2)O[C@]1([2H])CO. The van der Waals surface area contributed by atoms with E-state index in [0.29, 0.717) is 4.68 Å². The maximum atomic E-state index is 10.0. The highest BCUT2D eigenvalue weighted by molar-refractivity contribution is 5.90. The van der Waals surface area contributed by atoms with Gasteiger partial charge in [-0.1, -0.05) is 0 Å². The molecule has 94 valence electrons. The van der Waals surface area contributed by atoms with E-state index < -0.39 is 36.9 Å². The maximum absolute atomic E-state index is 10.0. The Morgan fingerprint density at radius 1 is 1.65 bits per heavy atom. The number of ether oxygens (including phenoxy) is 1. The largest absolute Gasteiger partial charge is 0.394 e. The van der Waals surface area contributed by atoms with E-state index in [2.05, 4.69) is 10.1 Å². The van der Waals surface area contributed by atoms with Gasteiger partial charge in [-0.3, -0.25) is 5.41 Å². The highest BCUT2D eigenvalue weighted by atomic mass is 16.6. The number of hydrogen-bond donors (Lipinski definition) is 5. The van der Waals surface area contributed by atoms with Crippen LogP contribution in [0, 0.1) is 5.41 Å². The summed E-state index contributed by atoms with van der Waals surface area (Å²) in [6.45, 7) is -1.26. The van der Waals surface area contributed by atoms with Crippen molar-refractivity contribution in [1.82, 2.24) is 14.8 Å². The van der Waals surface area contributed by atoms with Gasteiger partial charge in [0.1, 0.15) is 24.6 Å². The molecule has 0 aliphatic carbocycles. The van der Waals surface area contributed by atoms with Crippen molar-refractivity contribution in [3.05, 3.63) is 12.2 Å². The second-order valence-corrected chi connectivity index (χ2v) is 3.11. The molecule has 17 heavy (non-hydrogen) atoms. The highest BCUT2D eigenvalue weighted by Gasteiger charge is 2.43. The zero-order valence-electron chi connectivity index (χ0n) is 12.5. The maximum Gasteiger partial charge on any atom is 0.215 e. The van der Waals surface area contributed by atoms with E-state index >= 15 is 0 Å². The second kappa shape index (κ2) is 4.37. The summed E-state index contributed by atoms with van der Waals surface area (Å²) in [7, 11) is 0. The van der Waals surface area contributed by atoms with Crippen LogP contribution in [0.3, 0.4) is 0 Å². The van der Waals surface area contributed by atoms with Crippen molar-refractivity contribution in [2.75, 3.05) is 6.61 Å². The van der Waals surface area contributed by atoms with Crippen molar-refractivity contribution >= 4 is 5.84 Å². The number of nitrogens with two attached hydrogens (primary N) is 1. The molecule has 1 aliphatic rings. The number of nitrogen functional groups attached to an aromatic ring is 1. The second-order valence-electron chi connectivity index (χ2n) is 3.11. The van der Waals surface area contributed by atoms with Crippen molar-refractivity contribution in [2.45, 2.75) is 24.4 Å². The van der Waals surface area contributed by atoms with Gasteiger partial charge in [-0.2, -0.15) is 0 Å². The van der Waals surface area contributed by atoms with E-state index in [-0.39, 0.29) is 5.82 Å². The number of hydrogen-bond acceptors (Lipinski definition) is 7. The molecule has 1 aromatic heterocycles. The summed E-state index contributed by atoms with van der Waals surface area (Å²) >= 11 is 0. The smallest absolute Gasteiger partial charge is 0.215 e. The fourth-order valence-electron chi connectivity index (χ4n) is 1.19. The first-order valence-electron chi connectivity index (χ1n) is 6.45. The van der Waals surface area contributed by atoms with Gasteiger partial charge in [-0.05, 0) is 0 Å². The molecular weight excluding hydrogens is 230 g/mol. The standard InChI is InChI=1S/C8H13N5O4/c9-6(10)7-11-2-13(12-7)8-5(16)4(15)3(1-14)17-8/h2-5,8,14-16H,1H2,(H3,9,10)/t3-,4-,5-,8-/m1/s1/i3D,4D,5D,8D. The number of aliphatic hydroxyl groups is 3. The van der Waals surface area contributed by atoms with E-state index in [1.807, 2.05) is 0 Å². The molecule has 1 aromatic rings. The Hall–Kier alpha value is -1.55. The van der Waals surface area contributed by atoms with E-state index in [4.69, 9.17) is 26.5 Å². The van der Waals surface area contributed by atoms with Crippen LogP contribution in [0.25, 0.3) is 0 Å². The summed E-state index contributed by atoms with van der Waals surface area (Å²) in [5, 5.41) is 39.6. The fraction of sp³-hybridized carbons (Fsp3) is 0.625. The molecule has 2 heterocycles. The molecule has 6 N–H and O–H groups in total. The molecule has 4 atom stereocenters. The third kappa shape index (κ3) is 2.00. The van der Waals surface area contributed by atoms with Crippen molar-refractivity contribution in [3.8, 4) is 0 Å². The molecule has 0 spiro atoms. The molecule has 9 heteroatoms. The average molecular weight is 247 g/mol. The molecule has 2 rings (SSSR count). The van der Waals surface area contributed by atoms with Crippen molar-refractivity contribution in [3.63, 3.8) is 0 Å². The Kier molecular flexibility index (Phi) is 1.98. The van der Waals surface area contributed by atoms with Gasteiger partial charge in [0, 0.05) is 0 Å². The van der Waals surface area contributed by atoms with Crippen molar-refractivity contribution < 1.29 is 25.5 Å². The van der Waals surface area contributed by atoms with Gasteiger partial charge in [-0.15, -0.1) is 5.10 Å². The van der Waals surface area contributed by atoms with Crippen LogP contribution >= 0.6 is 0 Å². The van der Waals surface area contributed by atoms with Gasteiger partial charge >= 0.3 is 0 Å². The minimum atomic E-state index is -3.40. The summed E-state index contributed by atoms with van der Waals surface area (Å²) in [5.74, 6) is -0.912. The Labute approximate surface area is 102 Å². The zero-order chi connectivity index (χ0) is 16.3. The molecule has 0 amide bonds. The lowest BCUT2D eigenvalue weighted by Crippen LogP contribution is -2.33. The number of aromatic nitrogens is 3. The molecule has 1 saturated heterocycles. The zero-order valence-corrected chi connectivity index (χ0v) is 8.45. The van der Waals surface area contributed by atoms with Crippen LogP contribution in [0.1, 0.15) is 17.5 Å².